The maximum absolute atomic E-state index is 13.6. The Morgan fingerprint density at radius 3 is 2.81 bits per heavy atom. The average molecular weight is 446 g/mol. The minimum absolute atomic E-state index is 0.0625. The number of cyclic esters (lactones) is 1. The molecule has 3 heterocycles. The lowest BCUT2D eigenvalue weighted by atomic mass is 9.98. The first-order chi connectivity index (χ1) is 14.9. The normalized spacial score (nSPS) is 20.0. The molecule has 2 fully saturated rings. The van der Waals surface area contributed by atoms with Gasteiger partial charge >= 0.3 is 6.09 Å². The first-order valence-corrected chi connectivity index (χ1v) is 11.8. The van der Waals surface area contributed by atoms with Gasteiger partial charge < -0.3 is 9.64 Å². The van der Waals surface area contributed by atoms with Crippen LogP contribution in [0.2, 0.25) is 0 Å². The van der Waals surface area contributed by atoms with Crippen LogP contribution in [0, 0.1) is 11.7 Å². The molecule has 2 saturated heterocycles. The van der Waals surface area contributed by atoms with Crippen LogP contribution in [-0.2, 0) is 9.53 Å². The molecule has 0 spiro atoms. The summed E-state index contributed by atoms with van der Waals surface area (Å²) in [6.45, 7) is 6.04. The van der Waals surface area contributed by atoms with Crippen molar-refractivity contribution in [2.75, 3.05) is 25.4 Å². The number of benzene rings is 1. The maximum atomic E-state index is 13.6. The molecule has 166 valence electrons. The molecule has 1 aromatic carbocycles. The number of hydrogen-bond donors (Lipinski definition) is 0. The number of halogens is 1. The van der Waals surface area contributed by atoms with Crippen molar-refractivity contribution >= 4 is 34.7 Å². The number of pyridine rings is 1. The number of nitrogens with zero attached hydrogens (tertiary/aromatic N) is 3. The van der Waals surface area contributed by atoms with E-state index in [0.717, 1.165) is 29.5 Å². The van der Waals surface area contributed by atoms with E-state index in [9.17, 15) is 14.0 Å². The van der Waals surface area contributed by atoms with Gasteiger partial charge in [0.2, 0.25) is 5.91 Å². The highest BCUT2D eigenvalue weighted by molar-refractivity contribution is 8.00. The second kappa shape index (κ2) is 9.42. The van der Waals surface area contributed by atoms with Crippen molar-refractivity contribution in [1.29, 1.82) is 0 Å². The Kier molecular flexibility index (Phi) is 6.65. The third kappa shape index (κ3) is 4.95. The van der Waals surface area contributed by atoms with Crippen LogP contribution in [0.4, 0.5) is 9.18 Å². The fraction of sp³-hybridized carbons (Fsp3) is 0.522. The molecule has 0 N–H and O–H groups in total. The summed E-state index contributed by atoms with van der Waals surface area (Å²) in [6, 6.07) is 6.58. The van der Waals surface area contributed by atoms with E-state index in [4.69, 9.17) is 4.74 Å². The number of aromatic nitrogens is 1. The Morgan fingerprint density at radius 1 is 1.29 bits per heavy atom. The molecule has 0 unspecified atom stereocenters. The zero-order chi connectivity index (χ0) is 22.0. The molecule has 0 radical (unpaired) electrons. The van der Waals surface area contributed by atoms with Crippen LogP contribution in [0.1, 0.15) is 33.1 Å². The van der Waals surface area contributed by atoms with E-state index in [1.54, 1.807) is 12.3 Å². The number of amides is 2. The number of ether oxygens (including phenoxy) is 1. The predicted molar refractivity (Wildman–Crippen MR) is 118 cm³/mol. The topological polar surface area (TPSA) is 62.7 Å². The SMILES string of the molecule is CC(C)C[C@@H]1COC(=O)N1C1CCN(C(=O)CSc2ccnc3ccc(F)cc23)CC1. The van der Waals surface area contributed by atoms with Gasteiger partial charge in [-0.15, -0.1) is 11.8 Å². The molecule has 0 bridgehead atoms. The lowest BCUT2D eigenvalue weighted by Gasteiger charge is -2.38. The number of rotatable bonds is 6. The summed E-state index contributed by atoms with van der Waals surface area (Å²) in [7, 11) is 0. The number of hydrogen-bond acceptors (Lipinski definition) is 5. The summed E-state index contributed by atoms with van der Waals surface area (Å²) in [6.07, 6.45) is 3.93. The Balaban J connectivity index is 1.33. The van der Waals surface area contributed by atoms with Gasteiger partial charge in [-0.1, -0.05) is 13.8 Å². The first kappa shape index (κ1) is 21.9. The van der Waals surface area contributed by atoms with Gasteiger partial charge in [0.15, 0.2) is 0 Å². The molecular formula is C23H28FN3O3S. The van der Waals surface area contributed by atoms with E-state index in [-0.39, 0.29) is 29.9 Å². The van der Waals surface area contributed by atoms with Gasteiger partial charge in [-0.05, 0) is 49.4 Å². The lowest BCUT2D eigenvalue weighted by Crippen LogP contribution is -2.50. The summed E-state index contributed by atoms with van der Waals surface area (Å²) in [5, 5.41) is 0.725. The number of piperidine rings is 1. The molecule has 0 saturated carbocycles. The molecule has 0 aliphatic carbocycles. The van der Waals surface area contributed by atoms with Gasteiger partial charge in [0.05, 0.1) is 17.3 Å². The van der Waals surface area contributed by atoms with Crippen molar-refractivity contribution in [3.63, 3.8) is 0 Å². The quantitative estimate of drug-likeness (QED) is 0.620. The van der Waals surface area contributed by atoms with Crippen LogP contribution in [0.3, 0.4) is 0 Å². The number of carbonyl (C=O) groups is 2. The van der Waals surface area contributed by atoms with Gasteiger partial charge in [-0.25, -0.2) is 9.18 Å². The Labute approximate surface area is 186 Å². The van der Waals surface area contributed by atoms with Crippen molar-refractivity contribution in [2.24, 2.45) is 5.92 Å². The Morgan fingerprint density at radius 2 is 2.06 bits per heavy atom. The van der Waals surface area contributed by atoms with Crippen molar-refractivity contribution in [3.05, 3.63) is 36.3 Å². The van der Waals surface area contributed by atoms with E-state index in [1.165, 1.54) is 23.9 Å². The van der Waals surface area contributed by atoms with Gasteiger partial charge in [0, 0.05) is 35.6 Å². The maximum Gasteiger partial charge on any atom is 0.410 e. The fourth-order valence-corrected chi connectivity index (χ4v) is 5.43. The van der Waals surface area contributed by atoms with Crippen LogP contribution in [0.5, 0.6) is 0 Å². The molecule has 2 aliphatic heterocycles. The Hall–Kier alpha value is -2.35. The van der Waals surface area contributed by atoms with Crippen molar-refractivity contribution in [1.82, 2.24) is 14.8 Å². The third-order valence-electron chi connectivity index (χ3n) is 5.97. The molecule has 31 heavy (non-hydrogen) atoms. The standard InChI is InChI=1S/C23H28FN3O3S/c1-15(2)11-18-13-30-23(29)27(18)17-6-9-26(10-7-17)22(28)14-31-21-5-8-25-20-4-3-16(24)12-19(20)21/h3-5,8,12,15,17-18H,6-7,9-11,13-14H2,1-2H3/t18-/m1/s1. The highest BCUT2D eigenvalue weighted by Crippen LogP contribution is 2.29. The monoisotopic (exact) mass is 445 g/mol. The number of thioether (sulfide) groups is 1. The van der Waals surface area contributed by atoms with Gasteiger partial charge in [0.1, 0.15) is 12.4 Å². The summed E-state index contributed by atoms with van der Waals surface area (Å²) in [4.78, 5) is 33.9. The molecule has 1 atom stereocenters. The minimum atomic E-state index is -0.313. The summed E-state index contributed by atoms with van der Waals surface area (Å²) in [5.41, 5.74) is 0.716. The molecule has 1 aromatic heterocycles. The van der Waals surface area contributed by atoms with E-state index in [1.807, 2.05) is 15.9 Å². The number of fused-ring (bicyclic) bond motifs is 1. The van der Waals surface area contributed by atoms with E-state index >= 15 is 0 Å². The molecule has 6 nitrogen and oxygen atoms in total. The molecule has 2 amide bonds. The van der Waals surface area contributed by atoms with Crippen molar-refractivity contribution in [2.45, 2.75) is 50.1 Å². The molecule has 4 rings (SSSR count). The predicted octanol–water partition coefficient (Wildman–Crippen LogP) is 4.32. The molecule has 2 aliphatic rings. The summed E-state index contributed by atoms with van der Waals surface area (Å²) >= 11 is 1.41. The van der Waals surface area contributed by atoms with Crippen molar-refractivity contribution < 1.29 is 18.7 Å². The van der Waals surface area contributed by atoms with Crippen LogP contribution in [-0.4, -0.2) is 64.3 Å². The van der Waals surface area contributed by atoms with Gasteiger partial charge in [-0.2, -0.15) is 0 Å². The second-order valence-corrected chi connectivity index (χ2v) is 9.66. The lowest BCUT2D eigenvalue weighted by molar-refractivity contribution is -0.129. The largest absolute Gasteiger partial charge is 0.447 e. The summed E-state index contributed by atoms with van der Waals surface area (Å²) in [5.74, 6) is 0.542. The number of carbonyl (C=O) groups excluding carboxylic acids is 2. The van der Waals surface area contributed by atoms with E-state index in [2.05, 4.69) is 18.8 Å². The van der Waals surface area contributed by atoms with Crippen LogP contribution >= 0.6 is 11.8 Å². The smallest absolute Gasteiger partial charge is 0.410 e. The van der Waals surface area contributed by atoms with E-state index in [0.29, 0.717) is 36.9 Å². The highest BCUT2D eigenvalue weighted by atomic mass is 32.2. The zero-order valence-electron chi connectivity index (χ0n) is 17.9. The zero-order valence-corrected chi connectivity index (χ0v) is 18.7. The van der Waals surface area contributed by atoms with E-state index < -0.39 is 0 Å². The summed E-state index contributed by atoms with van der Waals surface area (Å²) < 4.78 is 19.0. The highest BCUT2D eigenvalue weighted by Gasteiger charge is 2.39. The molecule has 2 aromatic rings. The second-order valence-electron chi connectivity index (χ2n) is 8.64. The fourth-order valence-electron chi connectivity index (χ4n) is 4.49. The minimum Gasteiger partial charge on any atom is -0.447 e. The molecule has 8 heteroatoms. The number of likely N-dealkylation sites (tertiary alicyclic amines) is 1. The average Bonchev–Trinajstić information content (AvgIpc) is 3.11. The van der Waals surface area contributed by atoms with Gasteiger partial charge in [-0.3, -0.25) is 14.7 Å². The van der Waals surface area contributed by atoms with Crippen molar-refractivity contribution in [3.8, 4) is 0 Å². The van der Waals surface area contributed by atoms with Crippen LogP contribution in [0.25, 0.3) is 10.9 Å². The van der Waals surface area contributed by atoms with Gasteiger partial charge in [0.25, 0.3) is 0 Å². The first-order valence-electron chi connectivity index (χ1n) is 10.8. The van der Waals surface area contributed by atoms with Crippen LogP contribution < -0.4 is 0 Å². The van der Waals surface area contributed by atoms with Crippen LogP contribution in [0.15, 0.2) is 35.4 Å². The molecular weight excluding hydrogens is 417 g/mol. The third-order valence-corrected chi connectivity index (χ3v) is 7.03. The Bertz CT molecular complexity index is 962.